The maximum atomic E-state index is 12.3. The summed E-state index contributed by atoms with van der Waals surface area (Å²) in [5, 5.41) is 2.92. The third-order valence-corrected chi connectivity index (χ3v) is 5.09. The van der Waals surface area contributed by atoms with Crippen molar-refractivity contribution >= 4 is 15.9 Å². The molecule has 7 heteroatoms. The van der Waals surface area contributed by atoms with E-state index < -0.39 is 10.0 Å². The topological polar surface area (TPSA) is 80.2 Å². The van der Waals surface area contributed by atoms with E-state index in [9.17, 15) is 13.2 Å². The highest BCUT2D eigenvalue weighted by Gasteiger charge is 2.21. The van der Waals surface area contributed by atoms with Crippen molar-refractivity contribution in [2.24, 2.45) is 13.0 Å². The van der Waals surface area contributed by atoms with Crippen LogP contribution >= 0.6 is 0 Å². The molecule has 0 unspecified atom stereocenters. The number of nitrogens with one attached hydrogen (secondary N) is 2. The largest absolute Gasteiger partial charge is 0.348 e. The van der Waals surface area contributed by atoms with E-state index in [0.717, 1.165) is 12.8 Å². The summed E-state index contributed by atoms with van der Waals surface area (Å²) in [5.41, 5.74) is 0.338. The molecule has 0 aromatic carbocycles. The van der Waals surface area contributed by atoms with Gasteiger partial charge in [0.2, 0.25) is 10.0 Å². The minimum absolute atomic E-state index is 0.0497. The fourth-order valence-corrected chi connectivity index (χ4v) is 3.56. The van der Waals surface area contributed by atoms with Crippen LogP contribution in [-0.4, -0.2) is 31.0 Å². The fraction of sp³-hybridized carbons (Fsp3) is 0.688. The van der Waals surface area contributed by atoms with E-state index in [2.05, 4.69) is 23.9 Å². The summed E-state index contributed by atoms with van der Waals surface area (Å²) < 4.78 is 28.4. The fourth-order valence-electron chi connectivity index (χ4n) is 2.24. The van der Waals surface area contributed by atoms with Gasteiger partial charge in [0.1, 0.15) is 10.6 Å². The Labute approximate surface area is 139 Å². The summed E-state index contributed by atoms with van der Waals surface area (Å²) in [6.45, 7) is 9.76. The molecule has 132 valence electrons. The van der Waals surface area contributed by atoms with Crippen LogP contribution < -0.4 is 10.0 Å². The summed E-state index contributed by atoms with van der Waals surface area (Å²) in [6.07, 6.45) is 3.39. The molecule has 0 saturated carbocycles. The van der Waals surface area contributed by atoms with Gasteiger partial charge in [-0.05, 0) is 45.6 Å². The molecule has 0 bridgehead atoms. The second-order valence-electron chi connectivity index (χ2n) is 6.79. The van der Waals surface area contributed by atoms with E-state index in [-0.39, 0.29) is 22.9 Å². The number of hydrogen-bond donors (Lipinski definition) is 2. The van der Waals surface area contributed by atoms with Crippen molar-refractivity contribution in [3.63, 3.8) is 0 Å². The highest BCUT2D eigenvalue weighted by molar-refractivity contribution is 7.89. The first-order valence-electron chi connectivity index (χ1n) is 8.02. The molecule has 0 aliphatic rings. The number of carbonyl (C=O) groups is 1. The number of aromatic nitrogens is 1. The summed E-state index contributed by atoms with van der Waals surface area (Å²) in [7, 11) is -1.93. The summed E-state index contributed by atoms with van der Waals surface area (Å²) >= 11 is 0. The smallest absolute Gasteiger partial charge is 0.268 e. The zero-order valence-corrected chi connectivity index (χ0v) is 15.7. The van der Waals surface area contributed by atoms with Gasteiger partial charge in [-0.25, -0.2) is 13.1 Å². The number of rotatable bonds is 8. The number of sulfonamides is 1. The molecule has 0 spiro atoms. The molecule has 6 nitrogen and oxygen atoms in total. The van der Waals surface area contributed by atoms with Crippen LogP contribution in [0.3, 0.4) is 0 Å². The average molecular weight is 343 g/mol. The normalized spacial score (nSPS) is 13.6. The number of aryl methyl sites for hydroxylation is 1. The van der Waals surface area contributed by atoms with Crippen LogP contribution in [0.5, 0.6) is 0 Å². The Hall–Kier alpha value is -1.34. The molecule has 1 aromatic rings. The van der Waals surface area contributed by atoms with E-state index in [4.69, 9.17) is 0 Å². The van der Waals surface area contributed by atoms with Gasteiger partial charge in [-0.3, -0.25) is 4.79 Å². The van der Waals surface area contributed by atoms with Crippen LogP contribution in [0.1, 0.15) is 57.9 Å². The SMILES string of the molecule is CC(C)CC[C@H](C)NC(=O)c1cc(S(=O)(=O)NC(C)C)cn1C. The quantitative estimate of drug-likeness (QED) is 0.760. The first kappa shape index (κ1) is 19.7. The van der Waals surface area contributed by atoms with Gasteiger partial charge in [-0.1, -0.05) is 13.8 Å². The van der Waals surface area contributed by atoms with Crippen molar-refractivity contribution < 1.29 is 13.2 Å². The Balaban J connectivity index is 2.84. The van der Waals surface area contributed by atoms with E-state index in [1.54, 1.807) is 25.5 Å². The third kappa shape index (κ3) is 5.99. The summed E-state index contributed by atoms with van der Waals surface area (Å²) in [6, 6.07) is 1.26. The van der Waals surface area contributed by atoms with Gasteiger partial charge in [-0.2, -0.15) is 0 Å². The van der Waals surface area contributed by atoms with Gasteiger partial charge in [0.05, 0.1) is 0 Å². The molecule has 2 N–H and O–H groups in total. The van der Waals surface area contributed by atoms with Crippen LogP contribution in [-0.2, 0) is 17.1 Å². The predicted molar refractivity (Wildman–Crippen MR) is 91.9 cm³/mol. The molecule has 0 aliphatic heterocycles. The van der Waals surface area contributed by atoms with Crippen LogP contribution in [0.25, 0.3) is 0 Å². The molecular formula is C16H29N3O3S. The molecule has 23 heavy (non-hydrogen) atoms. The number of nitrogens with zero attached hydrogens (tertiary/aromatic N) is 1. The lowest BCUT2D eigenvalue weighted by atomic mass is 10.0. The Morgan fingerprint density at radius 2 is 1.78 bits per heavy atom. The van der Waals surface area contributed by atoms with E-state index in [0.29, 0.717) is 11.6 Å². The average Bonchev–Trinajstić information content (AvgIpc) is 2.78. The van der Waals surface area contributed by atoms with Gasteiger partial charge in [0, 0.05) is 25.3 Å². The number of amides is 1. The molecule has 1 amide bonds. The van der Waals surface area contributed by atoms with Crippen molar-refractivity contribution in [3.8, 4) is 0 Å². The lowest BCUT2D eigenvalue weighted by molar-refractivity contribution is 0.0929. The Morgan fingerprint density at radius 3 is 2.30 bits per heavy atom. The molecule has 0 fully saturated rings. The molecule has 0 aliphatic carbocycles. The van der Waals surface area contributed by atoms with Crippen molar-refractivity contribution in [2.75, 3.05) is 0 Å². The van der Waals surface area contributed by atoms with Crippen molar-refractivity contribution in [1.29, 1.82) is 0 Å². The maximum Gasteiger partial charge on any atom is 0.268 e. The Morgan fingerprint density at radius 1 is 1.17 bits per heavy atom. The van der Waals surface area contributed by atoms with Crippen LogP contribution in [0.15, 0.2) is 17.2 Å². The molecule has 1 aromatic heterocycles. The first-order chi connectivity index (χ1) is 10.5. The zero-order valence-electron chi connectivity index (χ0n) is 14.9. The van der Waals surface area contributed by atoms with Crippen molar-refractivity contribution in [2.45, 2.75) is 64.4 Å². The zero-order chi connectivity index (χ0) is 17.8. The molecule has 1 rings (SSSR count). The lowest BCUT2D eigenvalue weighted by Crippen LogP contribution is -2.33. The van der Waals surface area contributed by atoms with E-state index in [1.165, 1.54) is 12.3 Å². The number of carbonyl (C=O) groups excluding carboxylic acids is 1. The maximum absolute atomic E-state index is 12.3. The lowest BCUT2D eigenvalue weighted by Gasteiger charge is -2.15. The van der Waals surface area contributed by atoms with Gasteiger partial charge < -0.3 is 9.88 Å². The minimum Gasteiger partial charge on any atom is -0.348 e. The van der Waals surface area contributed by atoms with Crippen LogP contribution in [0.4, 0.5) is 0 Å². The Kier molecular flexibility index (Phi) is 6.83. The molecule has 1 heterocycles. The Bertz CT molecular complexity index is 633. The van der Waals surface area contributed by atoms with Crippen LogP contribution in [0, 0.1) is 5.92 Å². The molecule has 1 atom stereocenters. The van der Waals surface area contributed by atoms with Gasteiger partial charge in [0.25, 0.3) is 5.91 Å². The molecule has 0 radical (unpaired) electrons. The highest BCUT2D eigenvalue weighted by Crippen LogP contribution is 2.14. The van der Waals surface area contributed by atoms with Crippen molar-refractivity contribution in [1.82, 2.24) is 14.6 Å². The number of hydrogen-bond acceptors (Lipinski definition) is 3. The van der Waals surface area contributed by atoms with E-state index >= 15 is 0 Å². The van der Waals surface area contributed by atoms with Gasteiger partial charge in [0.15, 0.2) is 0 Å². The first-order valence-corrected chi connectivity index (χ1v) is 9.50. The predicted octanol–water partition coefficient (Wildman–Crippen LogP) is 2.27. The summed E-state index contributed by atoms with van der Waals surface area (Å²) in [4.78, 5) is 12.4. The highest BCUT2D eigenvalue weighted by atomic mass is 32.2. The molecular weight excluding hydrogens is 314 g/mol. The van der Waals surface area contributed by atoms with E-state index in [1.807, 2.05) is 6.92 Å². The monoisotopic (exact) mass is 343 g/mol. The second-order valence-corrected chi connectivity index (χ2v) is 8.51. The van der Waals surface area contributed by atoms with Crippen LogP contribution in [0.2, 0.25) is 0 Å². The minimum atomic E-state index is -3.60. The standard InChI is InChI=1S/C16H29N3O3S/c1-11(2)7-8-13(5)17-16(20)15-9-14(10-19(15)6)23(21,22)18-12(3)4/h9-13,18H,7-8H2,1-6H3,(H,17,20)/t13-/m0/s1. The third-order valence-electron chi connectivity index (χ3n) is 3.47. The summed E-state index contributed by atoms with van der Waals surface area (Å²) in [5.74, 6) is 0.331. The van der Waals surface area contributed by atoms with Crippen molar-refractivity contribution in [3.05, 3.63) is 18.0 Å². The second kappa shape index (κ2) is 7.97. The van der Waals surface area contributed by atoms with Gasteiger partial charge >= 0.3 is 0 Å². The molecule has 0 saturated heterocycles. The van der Waals surface area contributed by atoms with Gasteiger partial charge in [-0.15, -0.1) is 0 Å².